The van der Waals surface area contributed by atoms with E-state index in [1.54, 1.807) is 0 Å². The molecule has 2 aliphatic rings. The smallest absolute Gasteiger partial charge is 0.165 e. The SMILES string of the molecule is CC12C=CC=CC1N(c1c(-n3c4ccccc4c4cc(OCCCn5c6ccccc6c6ccccc65)ccc43)nc(-n3c4ccccc4c4cc(OCCCn5c6ccccc6c6ccccc65)ccc43)c(-n3c4ccccc4c4ccccc43)c1-c1ccc(C#N)cc1)c1ccccc12. The van der Waals surface area contributed by atoms with Crippen LogP contribution in [0.2, 0.25) is 0 Å². The summed E-state index contributed by atoms with van der Waals surface area (Å²) in [5, 5.41) is 22.2. The zero-order valence-corrected chi connectivity index (χ0v) is 55.6. The van der Waals surface area contributed by atoms with Crippen LogP contribution in [0.25, 0.3) is 137 Å². The first-order valence-corrected chi connectivity index (χ1v) is 35.1. The summed E-state index contributed by atoms with van der Waals surface area (Å²) < 4.78 is 25.9. The van der Waals surface area contributed by atoms with Crippen molar-refractivity contribution in [3.63, 3.8) is 0 Å². The lowest BCUT2D eigenvalue weighted by atomic mass is 9.76. The van der Waals surface area contributed by atoms with Crippen LogP contribution in [-0.4, -0.2) is 47.1 Å². The van der Waals surface area contributed by atoms with Crippen molar-refractivity contribution in [2.75, 3.05) is 18.1 Å². The van der Waals surface area contributed by atoms with E-state index < -0.39 is 5.41 Å². The highest BCUT2D eigenvalue weighted by atomic mass is 16.5. The van der Waals surface area contributed by atoms with Crippen molar-refractivity contribution >= 4 is 120 Å². The highest BCUT2D eigenvalue weighted by Crippen LogP contribution is 2.57. The molecule has 10 nitrogen and oxygen atoms in total. The number of allylic oxidation sites excluding steroid dienone is 2. The van der Waals surface area contributed by atoms with E-state index in [4.69, 9.17) is 14.5 Å². The van der Waals surface area contributed by atoms with Gasteiger partial charge < -0.3 is 28.1 Å². The Hall–Kier alpha value is -12.8. The summed E-state index contributed by atoms with van der Waals surface area (Å²) in [7, 11) is 0. The molecule has 1 aliphatic carbocycles. The molecule has 2 atom stereocenters. The number of rotatable bonds is 15. The van der Waals surface area contributed by atoms with Gasteiger partial charge >= 0.3 is 0 Å². The van der Waals surface area contributed by atoms with Gasteiger partial charge in [0, 0.05) is 106 Å². The van der Waals surface area contributed by atoms with E-state index in [0.29, 0.717) is 18.8 Å². The number of fused-ring (bicyclic) bond motifs is 18. The van der Waals surface area contributed by atoms with Gasteiger partial charge in [0.25, 0.3) is 0 Å². The number of pyridine rings is 1. The van der Waals surface area contributed by atoms with Crippen LogP contribution in [0.5, 0.6) is 11.5 Å². The van der Waals surface area contributed by atoms with Crippen LogP contribution in [-0.2, 0) is 18.5 Å². The van der Waals surface area contributed by atoms with E-state index in [9.17, 15) is 5.26 Å². The zero-order valence-electron chi connectivity index (χ0n) is 55.6. The van der Waals surface area contributed by atoms with E-state index in [0.717, 1.165) is 143 Å². The molecule has 0 radical (unpaired) electrons. The number of hydrogen-bond acceptors (Lipinski definition) is 5. The summed E-state index contributed by atoms with van der Waals surface area (Å²) in [5.74, 6) is 3.07. The third kappa shape index (κ3) is 8.92. The molecule has 6 aromatic heterocycles. The van der Waals surface area contributed by atoms with E-state index >= 15 is 0 Å². The first-order chi connectivity index (χ1) is 50.0. The zero-order chi connectivity index (χ0) is 66.9. The number of nitriles is 1. The highest BCUT2D eigenvalue weighted by molar-refractivity contribution is 6.16. The molecule has 2 unspecified atom stereocenters. The minimum atomic E-state index is -0.442. The van der Waals surface area contributed by atoms with E-state index in [1.807, 2.05) is 12.1 Å². The maximum Gasteiger partial charge on any atom is 0.165 e. The van der Waals surface area contributed by atoms with Crippen LogP contribution in [0, 0.1) is 11.3 Å². The van der Waals surface area contributed by atoms with Crippen molar-refractivity contribution in [1.82, 2.24) is 27.8 Å². The van der Waals surface area contributed by atoms with E-state index in [2.05, 4.69) is 332 Å². The largest absolute Gasteiger partial charge is 0.494 e. The van der Waals surface area contributed by atoms with Crippen molar-refractivity contribution in [3.05, 3.63) is 314 Å². The average molecular weight is 1300 g/mol. The second-order valence-electron chi connectivity index (χ2n) is 27.1. The molecule has 12 aromatic carbocycles. The molecule has 0 bridgehead atoms. The summed E-state index contributed by atoms with van der Waals surface area (Å²) in [4.78, 5) is 9.11. The molecule has 18 aromatic rings. The molecule has 482 valence electrons. The monoisotopic (exact) mass is 1300 g/mol. The van der Waals surface area contributed by atoms with Crippen LogP contribution in [0.4, 0.5) is 11.4 Å². The summed E-state index contributed by atoms with van der Waals surface area (Å²) in [5.41, 5.74) is 17.1. The Bertz CT molecular complexity index is 6380. The second-order valence-corrected chi connectivity index (χ2v) is 27.1. The Morgan fingerprint density at radius 3 is 1.25 bits per heavy atom. The van der Waals surface area contributed by atoms with Gasteiger partial charge in [0.2, 0.25) is 0 Å². The Kier molecular flexibility index (Phi) is 13.4. The number of para-hydroxylation sites is 9. The van der Waals surface area contributed by atoms with Crippen molar-refractivity contribution in [2.24, 2.45) is 0 Å². The van der Waals surface area contributed by atoms with Crippen LogP contribution in [0.3, 0.4) is 0 Å². The summed E-state index contributed by atoms with van der Waals surface area (Å²) in [6.45, 7) is 5.07. The minimum Gasteiger partial charge on any atom is -0.494 e. The molecule has 0 N–H and O–H groups in total. The van der Waals surface area contributed by atoms with Gasteiger partial charge in [-0.2, -0.15) is 5.26 Å². The average Bonchev–Trinajstić information content (AvgIpc) is 1.57. The molecule has 0 saturated carbocycles. The number of anilines is 2. The van der Waals surface area contributed by atoms with Crippen molar-refractivity contribution in [2.45, 2.75) is 44.3 Å². The predicted octanol–water partition coefficient (Wildman–Crippen LogP) is 22.0. The topological polar surface area (TPSA) is 83.0 Å². The third-order valence-electron chi connectivity index (χ3n) is 21.6. The number of aryl methyl sites for hydroxylation is 2. The molecule has 10 heteroatoms. The maximum atomic E-state index is 10.6. The molecule has 0 fully saturated rings. The fourth-order valence-electron chi connectivity index (χ4n) is 17.2. The van der Waals surface area contributed by atoms with Crippen molar-refractivity contribution in [3.8, 4) is 46.0 Å². The molecular weight excluding hydrogens is 1240 g/mol. The van der Waals surface area contributed by atoms with Crippen molar-refractivity contribution in [1.29, 1.82) is 5.26 Å². The first kappa shape index (κ1) is 58.3. The van der Waals surface area contributed by atoms with Crippen LogP contribution in [0.15, 0.2) is 303 Å². The Labute approximate surface area is 582 Å². The second kappa shape index (κ2) is 23.2. The number of aromatic nitrogens is 6. The van der Waals surface area contributed by atoms with Gasteiger partial charge in [-0.3, -0.25) is 9.13 Å². The molecule has 7 heterocycles. The minimum absolute atomic E-state index is 0.191. The predicted molar refractivity (Wildman–Crippen MR) is 415 cm³/mol. The molecule has 1 aliphatic heterocycles. The summed E-state index contributed by atoms with van der Waals surface area (Å²) in [6, 6.07) is 103. The molecule has 101 heavy (non-hydrogen) atoms. The molecule has 0 amide bonds. The van der Waals surface area contributed by atoms with Gasteiger partial charge in [-0.1, -0.05) is 200 Å². The first-order valence-electron chi connectivity index (χ1n) is 35.1. The third-order valence-corrected chi connectivity index (χ3v) is 21.6. The summed E-state index contributed by atoms with van der Waals surface area (Å²) in [6.07, 6.45) is 10.8. The van der Waals surface area contributed by atoms with Crippen LogP contribution < -0.4 is 14.4 Å². The van der Waals surface area contributed by atoms with Crippen molar-refractivity contribution < 1.29 is 9.47 Å². The van der Waals surface area contributed by atoms with Gasteiger partial charge in [0.15, 0.2) is 11.6 Å². The molecular formula is C91H66N8O2. The fourth-order valence-corrected chi connectivity index (χ4v) is 17.2. The van der Waals surface area contributed by atoms with Gasteiger partial charge in [0.1, 0.15) is 17.2 Å². The van der Waals surface area contributed by atoms with Gasteiger partial charge in [-0.15, -0.1) is 0 Å². The van der Waals surface area contributed by atoms with Crippen LogP contribution >= 0.6 is 0 Å². The number of nitrogens with zero attached hydrogens (tertiary/aromatic N) is 8. The molecule has 0 spiro atoms. The van der Waals surface area contributed by atoms with E-state index in [-0.39, 0.29) is 6.04 Å². The maximum absolute atomic E-state index is 10.6. The molecule has 0 saturated heterocycles. The fraction of sp³-hybridized carbons (Fsp3) is 0.0989. The molecule has 20 rings (SSSR count). The lowest BCUT2D eigenvalue weighted by Gasteiger charge is -2.37. The lowest BCUT2D eigenvalue weighted by molar-refractivity contribution is 0.303. The standard InChI is InChI=1S/C91H66N8O2/c1-91-51-21-20-42-85(91)99(84-41-19-10-32-73(84)91)88-86(60-45-43-59(58-92)44-46-60)87(96-78-37-15-6-28-67(78)68-29-7-16-38-79(68)96)89(97-80-39-17-8-30-69(80)71-56-61(47-49-82(71)97)100-54-22-52-94-74-33-11-2-24-63(74)64-25-3-12-34-75(64)94)93-90(88)98-81-40-18-9-31-70(81)72-57-62(48-50-83(72)98)101-55-23-53-95-76-35-13-4-26-65(76)66-27-5-14-36-77(66)95/h2-21,24-51,56-57,85H,22-23,52-55H2,1H3. The lowest BCUT2D eigenvalue weighted by Crippen LogP contribution is -2.40. The Morgan fingerprint density at radius 2 is 0.782 bits per heavy atom. The highest BCUT2D eigenvalue weighted by Gasteiger charge is 2.49. The number of hydrogen-bond donors (Lipinski definition) is 0. The number of benzene rings is 12. The van der Waals surface area contributed by atoms with Crippen LogP contribution in [0.1, 0.15) is 30.9 Å². The van der Waals surface area contributed by atoms with Gasteiger partial charge in [-0.05, 0) is 134 Å². The Balaban J connectivity index is 0.828. The van der Waals surface area contributed by atoms with Gasteiger partial charge in [-0.25, -0.2) is 4.98 Å². The summed E-state index contributed by atoms with van der Waals surface area (Å²) >= 11 is 0. The number of ether oxygens (including phenoxy) is 2. The quantitative estimate of drug-likeness (QED) is 0.0955. The van der Waals surface area contributed by atoms with E-state index in [1.165, 1.54) is 49.2 Å². The Morgan fingerprint density at radius 1 is 0.396 bits per heavy atom. The van der Waals surface area contributed by atoms with Gasteiger partial charge in [0.05, 0.1) is 69.7 Å². The normalized spacial score (nSPS) is 15.0.